The Balaban J connectivity index is 2.90. The SMILES string of the molecule is Nc1cc2cccc(Cl)c2[nH]1. The Hall–Kier alpha value is -1.15. The van der Waals surface area contributed by atoms with Gasteiger partial charge < -0.3 is 10.7 Å². The molecule has 0 bridgehead atoms. The molecule has 56 valence electrons. The van der Waals surface area contributed by atoms with Crippen LogP contribution in [0.1, 0.15) is 0 Å². The lowest BCUT2D eigenvalue weighted by atomic mass is 10.2. The molecule has 1 aromatic carbocycles. The quantitative estimate of drug-likeness (QED) is 0.620. The number of hydrogen-bond donors (Lipinski definition) is 2. The molecule has 2 nitrogen and oxygen atoms in total. The lowest BCUT2D eigenvalue weighted by Crippen LogP contribution is -1.80. The van der Waals surface area contributed by atoms with Gasteiger partial charge in [0, 0.05) is 5.39 Å². The van der Waals surface area contributed by atoms with Crippen LogP contribution in [0.3, 0.4) is 0 Å². The number of para-hydroxylation sites is 1. The van der Waals surface area contributed by atoms with Crippen LogP contribution in [0.15, 0.2) is 24.3 Å². The lowest BCUT2D eigenvalue weighted by molar-refractivity contribution is 1.47. The van der Waals surface area contributed by atoms with Gasteiger partial charge in [0.05, 0.1) is 10.5 Å². The molecule has 0 aliphatic rings. The van der Waals surface area contributed by atoms with E-state index in [0.29, 0.717) is 10.8 Å². The van der Waals surface area contributed by atoms with Crippen molar-refractivity contribution in [2.45, 2.75) is 0 Å². The van der Waals surface area contributed by atoms with Gasteiger partial charge in [0.1, 0.15) is 5.82 Å². The Morgan fingerprint density at radius 1 is 1.36 bits per heavy atom. The molecule has 2 aromatic rings. The maximum atomic E-state index is 5.88. The van der Waals surface area contributed by atoms with Crippen molar-refractivity contribution in [3.63, 3.8) is 0 Å². The largest absolute Gasteiger partial charge is 0.385 e. The first-order valence-electron chi connectivity index (χ1n) is 3.30. The topological polar surface area (TPSA) is 41.8 Å². The number of rotatable bonds is 0. The fourth-order valence-corrected chi connectivity index (χ4v) is 1.37. The van der Waals surface area contributed by atoms with Crippen LogP contribution in [0.5, 0.6) is 0 Å². The maximum absolute atomic E-state index is 5.88. The monoisotopic (exact) mass is 166 g/mol. The summed E-state index contributed by atoms with van der Waals surface area (Å²) >= 11 is 5.88. The van der Waals surface area contributed by atoms with Crippen molar-refractivity contribution in [1.29, 1.82) is 0 Å². The van der Waals surface area contributed by atoms with E-state index in [-0.39, 0.29) is 0 Å². The van der Waals surface area contributed by atoms with E-state index in [0.717, 1.165) is 10.9 Å². The lowest BCUT2D eigenvalue weighted by Gasteiger charge is -1.90. The second-order valence-electron chi connectivity index (χ2n) is 2.43. The molecule has 1 aromatic heterocycles. The minimum atomic E-state index is 0.646. The van der Waals surface area contributed by atoms with E-state index in [1.54, 1.807) is 0 Å². The molecule has 3 heteroatoms. The molecule has 1 heterocycles. The highest BCUT2D eigenvalue weighted by atomic mass is 35.5. The van der Waals surface area contributed by atoms with Crippen LogP contribution >= 0.6 is 11.6 Å². The Kier molecular flexibility index (Phi) is 1.29. The van der Waals surface area contributed by atoms with E-state index < -0.39 is 0 Å². The van der Waals surface area contributed by atoms with Crippen molar-refractivity contribution in [2.75, 3.05) is 5.73 Å². The molecule has 2 rings (SSSR count). The third kappa shape index (κ3) is 0.955. The van der Waals surface area contributed by atoms with Gasteiger partial charge in [-0.05, 0) is 12.1 Å². The number of nitrogens with one attached hydrogen (secondary N) is 1. The van der Waals surface area contributed by atoms with Gasteiger partial charge >= 0.3 is 0 Å². The van der Waals surface area contributed by atoms with Gasteiger partial charge in [-0.15, -0.1) is 0 Å². The molecule has 0 aliphatic carbocycles. The zero-order valence-corrected chi connectivity index (χ0v) is 6.52. The van der Waals surface area contributed by atoms with Gasteiger partial charge in [-0.3, -0.25) is 0 Å². The number of aromatic amines is 1. The number of aromatic nitrogens is 1. The van der Waals surface area contributed by atoms with Crippen LogP contribution < -0.4 is 5.73 Å². The summed E-state index contributed by atoms with van der Waals surface area (Å²) in [6.45, 7) is 0. The number of nitrogens with two attached hydrogens (primary N) is 1. The van der Waals surface area contributed by atoms with Crippen molar-refractivity contribution in [1.82, 2.24) is 4.98 Å². The second-order valence-corrected chi connectivity index (χ2v) is 2.84. The van der Waals surface area contributed by atoms with E-state index >= 15 is 0 Å². The van der Waals surface area contributed by atoms with Crippen molar-refractivity contribution >= 4 is 28.3 Å². The molecule has 0 spiro atoms. The van der Waals surface area contributed by atoms with Gasteiger partial charge in [0.25, 0.3) is 0 Å². The number of hydrogen-bond acceptors (Lipinski definition) is 1. The number of benzene rings is 1. The van der Waals surface area contributed by atoms with Crippen molar-refractivity contribution in [3.05, 3.63) is 29.3 Å². The highest BCUT2D eigenvalue weighted by Gasteiger charge is 1.99. The first kappa shape index (κ1) is 6.55. The molecule has 0 atom stereocenters. The summed E-state index contributed by atoms with van der Waals surface area (Å²) in [5.41, 5.74) is 6.45. The van der Waals surface area contributed by atoms with Crippen molar-refractivity contribution < 1.29 is 0 Å². The summed E-state index contributed by atoms with van der Waals surface area (Å²) in [5, 5.41) is 1.76. The van der Waals surface area contributed by atoms with Crippen molar-refractivity contribution in [2.24, 2.45) is 0 Å². The van der Waals surface area contributed by atoms with Gasteiger partial charge in [-0.25, -0.2) is 0 Å². The predicted octanol–water partition coefficient (Wildman–Crippen LogP) is 2.40. The zero-order chi connectivity index (χ0) is 7.84. The smallest absolute Gasteiger partial charge is 0.101 e. The highest BCUT2D eigenvalue weighted by molar-refractivity contribution is 6.35. The van der Waals surface area contributed by atoms with Gasteiger partial charge in [0.2, 0.25) is 0 Å². The number of halogens is 1. The van der Waals surface area contributed by atoms with E-state index in [9.17, 15) is 0 Å². The van der Waals surface area contributed by atoms with E-state index in [2.05, 4.69) is 4.98 Å². The van der Waals surface area contributed by atoms with Crippen LogP contribution in [0.25, 0.3) is 10.9 Å². The maximum Gasteiger partial charge on any atom is 0.101 e. The molecule has 11 heavy (non-hydrogen) atoms. The fourth-order valence-electron chi connectivity index (χ4n) is 1.14. The van der Waals surface area contributed by atoms with Gasteiger partial charge in [0.15, 0.2) is 0 Å². The predicted molar refractivity (Wildman–Crippen MR) is 47.7 cm³/mol. The molecule has 0 saturated carbocycles. The molecular formula is C8H7ClN2. The Morgan fingerprint density at radius 2 is 2.18 bits per heavy atom. The molecule has 3 N–H and O–H groups in total. The molecule has 0 aliphatic heterocycles. The number of nitrogen functional groups attached to an aromatic ring is 1. The van der Waals surface area contributed by atoms with E-state index in [1.165, 1.54) is 0 Å². The Labute approximate surface area is 69.0 Å². The standard InChI is InChI=1S/C8H7ClN2/c9-6-3-1-2-5-4-7(10)11-8(5)6/h1-4,11H,10H2. The molecular weight excluding hydrogens is 160 g/mol. The van der Waals surface area contributed by atoms with Gasteiger partial charge in [-0.1, -0.05) is 23.7 Å². The average molecular weight is 167 g/mol. The van der Waals surface area contributed by atoms with Crippen LogP contribution in [0, 0.1) is 0 Å². The normalized spacial score (nSPS) is 10.6. The average Bonchev–Trinajstić information content (AvgIpc) is 2.31. The molecule has 0 amide bonds. The summed E-state index contributed by atoms with van der Waals surface area (Å²) in [4.78, 5) is 2.97. The minimum absolute atomic E-state index is 0.646. The Morgan fingerprint density at radius 3 is 2.91 bits per heavy atom. The summed E-state index contributed by atoms with van der Waals surface area (Å²) in [5.74, 6) is 0.646. The summed E-state index contributed by atoms with van der Waals surface area (Å²) in [7, 11) is 0. The molecule has 0 unspecified atom stereocenters. The number of H-pyrrole nitrogens is 1. The third-order valence-corrected chi connectivity index (χ3v) is 1.94. The first-order valence-corrected chi connectivity index (χ1v) is 3.68. The van der Waals surface area contributed by atoms with Crippen LogP contribution in [-0.2, 0) is 0 Å². The third-order valence-electron chi connectivity index (χ3n) is 1.63. The van der Waals surface area contributed by atoms with Crippen LogP contribution in [0.2, 0.25) is 5.02 Å². The fraction of sp³-hybridized carbons (Fsp3) is 0. The summed E-state index contributed by atoms with van der Waals surface area (Å²) in [6.07, 6.45) is 0. The van der Waals surface area contributed by atoms with Gasteiger partial charge in [-0.2, -0.15) is 0 Å². The first-order chi connectivity index (χ1) is 5.27. The number of fused-ring (bicyclic) bond motifs is 1. The minimum Gasteiger partial charge on any atom is -0.385 e. The van der Waals surface area contributed by atoms with Crippen LogP contribution in [0.4, 0.5) is 5.82 Å². The zero-order valence-electron chi connectivity index (χ0n) is 5.76. The van der Waals surface area contributed by atoms with E-state index in [4.69, 9.17) is 17.3 Å². The van der Waals surface area contributed by atoms with Crippen LogP contribution in [-0.4, -0.2) is 4.98 Å². The summed E-state index contributed by atoms with van der Waals surface area (Å²) < 4.78 is 0. The van der Waals surface area contributed by atoms with E-state index in [1.807, 2.05) is 24.3 Å². The number of anilines is 1. The molecule has 0 radical (unpaired) electrons. The molecule has 0 saturated heterocycles. The molecule has 0 fully saturated rings. The highest BCUT2D eigenvalue weighted by Crippen LogP contribution is 2.23. The Bertz CT molecular complexity index is 392. The second kappa shape index (κ2) is 2.17. The summed E-state index contributed by atoms with van der Waals surface area (Å²) in [6, 6.07) is 7.56. The van der Waals surface area contributed by atoms with Crippen molar-refractivity contribution in [3.8, 4) is 0 Å².